The zero-order valence-corrected chi connectivity index (χ0v) is 14.0. The lowest BCUT2D eigenvalue weighted by Crippen LogP contribution is -1.99. The molecule has 0 atom stereocenters. The van der Waals surface area contributed by atoms with E-state index in [2.05, 4.69) is 15.9 Å². The minimum absolute atomic E-state index is 0.0249. The molecule has 0 aromatic heterocycles. The Hall–Kier alpha value is -2.76. The third-order valence-corrected chi connectivity index (χ3v) is 3.62. The summed E-state index contributed by atoms with van der Waals surface area (Å²) < 4.78 is 11.9. The van der Waals surface area contributed by atoms with Crippen molar-refractivity contribution in [1.29, 1.82) is 10.5 Å². The highest BCUT2D eigenvalue weighted by Crippen LogP contribution is 2.37. The number of nitrogens with zero attached hydrogens (tertiary/aromatic N) is 2. The zero-order valence-electron chi connectivity index (χ0n) is 12.4. The SMILES string of the molecule is COc1cc(C=C(C#N)C#N)cc(Br)c1OCc1ccccc1. The summed E-state index contributed by atoms with van der Waals surface area (Å²) in [6, 6.07) is 17.0. The summed E-state index contributed by atoms with van der Waals surface area (Å²) in [5, 5.41) is 17.7. The Morgan fingerprint density at radius 3 is 2.48 bits per heavy atom. The lowest BCUT2D eigenvalue weighted by molar-refractivity contribution is 0.282. The standard InChI is InChI=1S/C18H13BrN2O2/c1-22-17-9-14(7-15(10-20)11-21)8-16(19)18(17)23-12-13-5-3-2-4-6-13/h2-9H,12H2,1H3. The van der Waals surface area contributed by atoms with Crippen molar-refractivity contribution >= 4 is 22.0 Å². The molecule has 4 nitrogen and oxygen atoms in total. The second kappa shape index (κ2) is 8.03. The second-order valence-corrected chi connectivity index (χ2v) is 5.44. The number of halogens is 1. The summed E-state index contributed by atoms with van der Waals surface area (Å²) in [7, 11) is 1.54. The number of methoxy groups -OCH3 is 1. The van der Waals surface area contributed by atoms with Crippen molar-refractivity contribution in [1.82, 2.24) is 0 Å². The Balaban J connectivity index is 2.29. The van der Waals surface area contributed by atoms with Crippen molar-refractivity contribution in [3.63, 3.8) is 0 Å². The van der Waals surface area contributed by atoms with E-state index < -0.39 is 0 Å². The van der Waals surface area contributed by atoms with Crippen LogP contribution in [0.5, 0.6) is 11.5 Å². The maximum atomic E-state index is 8.84. The van der Waals surface area contributed by atoms with E-state index in [0.717, 1.165) is 5.56 Å². The molecule has 0 aliphatic rings. The first-order valence-corrected chi connectivity index (χ1v) is 7.53. The van der Waals surface area contributed by atoms with Crippen molar-refractivity contribution in [2.24, 2.45) is 0 Å². The van der Waals surface area contributed by atoms with Crippen LogP contribution in [0.1, 0.15) is 11.1 Å². The van der Waals surface area contributed by atoms with Crippen molar-refractivity contribution in [3.8, 4) is 23.6 Å². The molecule has 0 saturated heterocycles. The van der Waals surface area contributed by atoms with Crippen molar-refractivity contribution in [3.05, 3.63) is 63.6 Å². The predicted octanol–water partition coefficient (Wildman–Crippen LogP) is 4.47. The first kappa shape index (κ1) is 16.6. The van der Waals surface area contributed by atoms with E-state index in [0.29, 0.717) is 28.1 Å². The number of rotatable bonds is 5. The fourth-order valence-corrected chi connectivity index (χ4v) is 2.52. The van der Waals surface area contributed by atoms with E-state index in [-0.39, 0.29) is 5.57 Å². The Bertz CT molecular complexity index is 786. The molecule has 0 fully saturated rings. The van der Waals surface area contributed by atoms with Crippen LogP contribution in [0.3, 0.4) is 0 Å². The van der Waals surface area contributed by atoms with Gasteiger partial charge >= 0.3 is 0 Å². The van der Waals surface area contributed by atoms with E-state index in [1.807, 2.05) is 42.5 Å². The minimum Gasteiger partial charge on any atom is -0.493 e. The third kappa shape index (κ3) is 4.35. The molecular weight excluding hydrogens is 356 g/mol. The van der Waals surface area contributed by atoms with Crippen LogP contribution in [-0.2, 0) is 6.61 Å². The molecule has 23 heavy (non-hydrogen) atoms. The maximum absolute atomic E-state index is 8.84. The van der Waals surface area contributed by atoms with Crippen LogP contribution >= 0.6 is 15.9 Å². The van der Waals surface area contributed by atoms with Crippen LogP contribution in [0.4, 0.5) is 0 Å². The Morgan fingerprint density at radius 1 is 1.17 bits per heavy atom. The van der Waals surface area contributed by atoms with Crippen LogP contribution in [0.25, 0.3) is 6.08 Å². The molecule has 0 bridgehead atoms. The Labute approximate surface area is 143 Å². The van der Waals surface area contributed by atoms with E-state index in [9.17, 15) is 0 Å². The van der Waals surface area contributed by atoms with Gasteiger partial charge in [-0.05, 0) is 45.3 Å². The lowest BCUT2D eigenvalue weighted by Gasteiger charge is -2.13. The monoisotopic (exact) mass is 368 g/mol. The average molecular weight is 369 g/mol. The topological polar surface area (TPSA) is 66.0 Å². The normalized spacial score (nSPS) is 9.39. The molecule has 114 valence electrons. The zero-order chi connectivity index (χ0) is 16.7. The molecule has 0 N–H and O–H groups in total. The Morgan fingerprint density at radius 2 is 1.87 bits per heavy atom. The van der Waals surface area contributed by atoms with Gasteiger partial charge in [0.25, 0.3) is 0 Å². The quantitative estimate of drug-likeness (QED) is 0.730. The lowest BCUT2D eigenvalue weighted by atomic mass is 10.1. The number of benzene rings is 2. The molecule has 0 radical (unpaired) electrons. The first-order chi connectivity index (χ1) is 11.2. The highest BCUT2D eigenvalue weighted by molar-refractivity contribution is 9.10. The predicted molar refractivity (Wildman–Crippen MR) is 90.7 cm³/mol. The molecule has 0 heterocycles. The largest absolute Gasteiger partial charge is 0.493 e. The highest BCUT2D eigenvalue weighted by atomic mass is 79.9. The van der Waals surface area contributed by atoms with Gasteiger partial charge in [-0.1, -0.05) is 30.3 Å². The van der Waals surface area contributed by atoms with E-state index in [1.165, 1.54) is 6.08 Å². The van der Waals surface area contributed by atoms with Crippen LogP contribution in [0.2, 0.25) is 0 Å². The molecule has 0 amide bonds. The van der Waals surface area contributed by atoms with Gasteiger partial charge < -0.3 is 9.47 Å². The number of ether oxygens (including phenoxy) is 2. The number of nitriles is 2. The second-order valence-electron chi connectivity index (χ2n) is 4.59. The molecule has 2 rings (SSSR count). The van der Waals surface area contributed by atoms with Gasteiger partial charge in [0.15, 0.2) is 11.5 Å². The van der Waals surface area contributed by atoms with E-state index in [1.54, 1.807) is 19.2 Å². The van der Waals surface area contributed by atoms with Gasteiger partial charge in [0.2, 0.25) is 0 Å². The van der Waals surface area contributed by atoms with Crippen molar-refractivity contribution in [2.75, 3.05) is 7.11 Å². The molecule has 0 aliphatic carbocycles. The van der Waals surface area contributed by atoms with Crippen LogP contribution < -0.4 is 9.47 Å². The third-order valence-electron chi connectivity index (χ3n) is 3.03. The minimum atomic E-state index is 0.0249. The molecule has 0 aliphatic heterocycles. The maximum Gasteiger partial charge on any atom is 0.175 e. The van der Waals surface area contributed by atoms with Crippen LogP contribution in [0, 0.1) is 22.7 Å². The molecule has 2 aromatic rings. The summed E-state index contributed by atoms with van der Waals surface area (Å²) in [6.07, 6.45) is 1.49. The molecule has 2 aromatic carbocycles. The summed E-state index contributed by atoms with van der Waals surface area (Å²) in [5.74, 6) is 1.10. The van der Waals surface area contributed by atoms with Gasteiger partial charge in [0, 0.05) is 0 Å². The van der Waals surface area contributed by atoms with Gasteiger partial charge in [0.1, 0.15) is 24.3 Å². The van der Waals surface area contributed by atoms with Crippen LogP contribution in [0.15, 0.2) is 52.5 Å². The van der Waals surface area contributed by atoms with E-state index >= 15 is 0 Å². The fraction of sp³-hybridized carbons (Fsp3) is 0.111. The summed E-state index contributed by atoms with van der Waals surface area (Å²) in [4.78, 5) is 0. The molecule has 0 spiro atoms. The van der Waals surface area contributed by atoms with Gasteiger partial charge in [-0.2, -0.15) is 10.5 Å². The Kier molecular flexibility index (Phi) is 5.80. The molecule has 5 heteroatoms. The smallest absolute Gasteiger partial charge is 0.175 e. The summed E-state index contributed by atoms with van der Waals surface area (Å²) in [6.45, 7) is 0.409. The van der Waals surface area contributed by atoms with Gasteiger partial charge in [-0.25, -0.2) is 0 Å². The number of hydrogen-bond acceptors (Lipinski definition) is 4. The van der Waals surface area contributed by atoms with Gasteiger partial charge in [-0.15, -0.1) is 0 Å². The average Bonchev–Trinajstić information content (AvgIpc) is 2.59. The number of allylic oxidation sites excluding steroid dienone is 1. The van der Waals surface area contributed by atoms with Gasteiger partial charge in [0.05, 0.1) is 11.6 Å². The summed E-state index contributed by atoms with van der Waals surface area (Å²) in [5.41, 5.74) is 1.75. The first-order valence-electron chi connectivity index (χ1n) is 6.74. The van der Waals surface area contributed by atoms with Crippen molar-refractivity contribution < 1.29 is 9.47 Å². The molecule has 0 unspecified atom stereocenters. The van der Waals surface area contributed by atoms with Crippen molar-refractivity contribution in [2.45, 2.75) is 6.61 Å². The summed E-state index contributed by atoms with van der Waals surface area (Å²) >= 11 is 3.45. The molecular formula is C18H13BrN2O2. The fourth-order valence-electron chi connectivity index (χ4n) is 1.95. The molecule has 0 saturated carbocycles. The number of hydrogen-bond donors (Lipinski definition) is 0. The van der Waals surface area contributed by atoms with E-state index in [4.69, 9.17) is 20.0 Å². The van der Waals surface area contributed by atoms with Crippen LogP contribution in [-0.4, -0.2) is 7.11 Å². The van der Waals surface area contributed by atoms with Gasteiger partial charge in [-0.3, -0.25) is 0 Å². The highest BCUT2D eigenvalue weighted by Gasteiger charge is 2.12.